The molecule has 2 aromatic carbocycles. The molecule has 0 spiro atoms. The van der Waals surface area contributed by atoms with E-state index in [0.29, 0.717) is 38.2 Å². The van der Waals surface area contributed by atoms with Crippen LogP contribution in [0.2, 0.25) is 0 Å². The van der Waals surface area contributed by atoms with E-state index in [-0.39, 0.29) is 29.7 Å². The molecule has 7 heteroatoms. The summed E-state index contributed by atoms with van der Waals surface area (Å²) in [6.45, 7) is 1.95. The van der Waals surface area contributed by atoms with Crippen LogP contribution in [-0.2, 0) is 4.79 Å². The van der Waals surface area contributed by atoms with Gasteiger partial charge in [-0.2, -0.15) is 0 Å². The molecule has 0 bridgehead atoms. The van der Waals surface area contributed by atoms with E-state index in [2.05, 4.69) is 10.9 Å². The number of hydrazine groups is 1. The Morgan fingerprint density at radius 2 is 1.50 bits per heavy atom. The van der Waals surface area contributed by atoms with Crippen molar-refractivity contribution in [3.63, 3.8) is 0 Å². The summed E-state index contributed by atoms with van der Waals surface area (Å²) in [6.07, 6.45) is 0.692. The van der Waals surface area contributed by atoms with Crippen LogP contribution in [0.25, 0.3) is 0 Å². The fourth-order valence-corrected chi connectivity index (χ4v) is 3.75. The number of nitrogens with one attached hydrogen (secondary N) is 2. The highest BCUT2D eigenvalue weighted by Gasteiger charge is 2.34. The predicted octanol–water partition coefficient (Wildman–Crippen LogP) is 1.72. The lowest BCUT2D eigenvalue weighted by Gasteiger charge is -2.36. The second-order valence-corrected chi connectivity index (χ2v) is 7.16. The quantitative estimate of drug-likeness (QED) is 0.849. The minimum Gasteiger partial charge on any atom is -0.338 e. The Morgan fingerprint density at radius 1 is 0.857 bits per heavy atom. The molecule has 146 valence electrons. The fourth-order valence-electron chi connectivity index (χ4n) is 3.75. The second kappa shape index (κ2) is 8.08. The van der Waals surface area contributed by atoms with Gasteiger partial charge in [0.05, 0.1) is 0 Å². The van der Waals surface area contributed by atoms with Gasteiger partial charge < -0.3 is 9.80 Å². The van der Waals surface area contributed by atoms with Crippen molar-refractivity contribution in [1.29, 1.82) is 0 Å². The average molecular weight is 382 g/mol. The largest absolute Gasteiger partial charge is 0.338 e. The van der Waals surface area contributed by atoms with Crippen molar-refractivity contribution in [2.75, 3.05) is 26.2 Å². The zero-order valence-electron chi connectivity index (χ0n) is 15.5. The molecule has 0 aliphatic carbocycles. The van der Waals surface area contributed by atoms with Crippen molar-refractivity contribution in [3.8, 4) is 0 Å². The zero-order valence-corrected chi connectivity index (χ0v) is 15.5. The van der Waals surface area contributed by atoms with E-state index in [0.717, 1.165) is 5.56 Å². The molecule has 6 nitrogen and oxygen atoms in total. The first-order chi connectivity index (χ1) is 13.6. The SMILES string of the molecule is O=C(c1ccc(F)cc1)N1CCN(C(=O)C2CC(c3ccccc3)NN2)CC1. The van der Waals surface area contributed by atoms with Gasteiger partial charge in [0.15, 0.2) is 0 Å². The number of carbonyl (C=O) groups excluding carboxylic acids is 2. The molecular weight excluding hydrogens is 359 g/mol. The van der Waals surface area contributed by atoms with Crippen molar-refractivity contribution < 1.29 is 14.0 Å². The maximum absolute atomic E-state index is 13.0. The summed E-state index contributed by atoms with van der Waals surface area (Å²) in [5.41, 5.74) is 7.93. The number of hydrogen-bond acceptors (Lipinski definition) is 4. The second-order valence-electron chi connectivity index (χ2n) is 7.16. The number of rotatable bonds is 3. The number of amides is 2. The van der Waals surface area contributed by atoms with Crippen molar-refractivity contribution in [2.24, 2.45) is 0 Å². The Hall–Kier alpha value is -2.77. The number of piperazine rings is 1. The third kappa shape index (κ3) is 3.90. The van der Waals surface area contributed by atoms with Crippen LogP contribution in [0, 0.1) is 5.82 Å². The van der Waals surface area contributed by atoms with E-state index in [4.69, 9.17) is 0 Å². The van der Waals surface area contributed by atoms with E-state index in [1.165, 1.54) is 24.3 Å². The van der Waals surface area contributed by atoms with Gasteiger partial charge in [-0.1, -0.05) is 30.3 Å². The van der Waals surface area contributed by atoms with Crippen LogP contribution in [0.1, 0.15) is 28.4 Å². The molecule has 2 amide bonds. The van der Waals surface area contributed by atoms with Crippen molar-refractivity contribution in [2.45, 2.75) is 18.5 Å². The molecule has 4 rings (SSSR count). The number of halogens is 1. The maximum atomic E-state index is 13.0. The molecule has 2 unspecified atom stereocenters. The highest BCUT2D eigenvalue weighted by atomic mass is 19.1. The van der Waals surface area contributed by atoms with E-state index >= 15 is 0 Å². The monoisotopic (exact) mass is 382 g/mol. The lowest BCUT2D eigenvalue weighted by molar-refractivity contribution is -0.134. The van der Waals surface area contributed by atoms with Crippen LogP contribution in [0.4, 0.5) is 4.39 Å². The van der Waals surface area contributed by atoms with Gasteiger partial charge in [0.1, 0.15) is 11.9 Å². The third-order valence-corrected chi connectivity index (χ3v) is 5.37. The van der Waals surface area contributed by atoms with E-state index in [1.54, 1.807) is 9.80 Å². The van der Waals surface area contributed by atoms with Crippen LogP contribution < -0.4 is 10.9 Å². The van der Waals surface area contributed by atoms with Crippen LogP contribution in [0.5, 0.6) is 0 Å². The first-order valence-corrected chi connectivity index (χ1v) is 9.51. The molecule has 2 atom stereocenters. The molecule has 2 aromatic rings. The minimum atomic E-state index is -0.363. The van der Waals surface area contributed by atoms with Gasteiger partial charge in [-0.05, 0) is 36.2 Å². The van der Waals surface area contributed by atoms with Gasteiger partial charge in [0.2, 0.25) is 5.91 Å². The summed E-state index contributed by atoms with van der Waals surface area (Å²) in [7, 11) is 0. The van der Waals surface area contributed by atoms with E-state index in [9.17, 15) is 14.0 Å². The number of carbonyl (C=O) groups is 2. The Labute approximate surface area is 163 Å². The van der Waals surface area contributed by atoms with Crippen LogP contribution in [0.3, 0.4) is 0 Å². The van der Waals surface area contributed by atoms with Crippen molar-refractivity contribution in [1.82, 2.24) is 20.7 Å². The number of hydrogen-bond donors (Lipinski definition) is 2. The van der Waals surface area contributed by atoms with Gasteiger partial charge >= 0.3 is 0 Å². The standard InChI is InChI=1S/C21H23FN4O2/c22-17-8-6-16(7-9-17)20(27)25-10-12-26(13-11-25)21(28)19-14-18(23-24-19)15-4-2-1-3-5-15/h1-9,18-19,23-24H,10-14H2. The topological polar surface area (TPSA) is 64.7 Å². The number of benzene rings is 2. The Kier molecular flexibility index (Phi) is 5.36. The molecule has 0 radical (unpaired) electrons. The lowest BCUT2D eigenvalue weighted by Crippen LogP contribution is -2.54. The van der Waals surface area contributed by atoms with Gasteiger partial charge in [-0.3, -0.25) is 9.59 Å². The highest BCUT2D eigenvalue weighted by molar-refractivity contribution is 5.94. The van der Waals surface area contributed by atoms with E-state index in [1.807, 2.05) is 30.3 Å². The normalized spacial score (nSPS) is 22.3. The Bertz CT molecular complexity index is 835. The molecule has 2 fully saturated rings. The molecule has 2 aliphatic rings. The lowest BCUT2D eigenvalue weighted by atomic mass is 10.0. The molecule has 0 saturated carbocycles. The molecular formula is C21H23FN4O2. The predicted molar refractivity (Wildman–Crippen MR) is 103 cm³/mol. The maximum Gasteiger partial charge on any atom is 0.253 e. The summed E-state index contributed by atoms with van der Waals surface area (Å²) in [5, 5.41) is 0. The van der Waals surface area contributed by atoms with Crippen LogP contribution >= 0.6 is 0 Å². The van der Waals surface area contributed by atoms with E-state index < -0.39 is 0 Å². The minimum absolute atomic E-state index is 0.0554. The first-order valence-electron chi connectivity index (χ1n) is 9.51. The number of nitrogens with zero attached hydrogens (tertiary/aromatic N) is 2. The zero-order chi connectivity index (χ0) is 19.5. The average Bonchev–Trinajstić information content (AvgIpc) is 3.24. The molecule has 2 heterocycles. The first kappa shape index (κ1) is 18.6. The molecule has 2 N–H and O–H groups in total. The smallest absolute Gasteiger partial charge is 0.253 e. The van der Waals surface area contributed by atoms with Crippen molar-refractivity contribution >= 4 is 11.8 Å². The molecule has 2 aliphatic heterocycles. The Morgan fingerprint density at radius 3 is 2.18 bits per heavy atom. The van der Waals surface area contributed by atoms with Gasteiger partial charge in [-0.15, -0.1) is 0 Å². The molecule has 2 saturated heterocycles. The van der Waals surface area contributed by atoms with Crippen molar-refractivity contribution in [3.05, 3.63) is 71.5 Å². The Balaban J connectivity index is 1.31. The molecule has 0 aromatic heterocycles. The summed E-state index contributed by atoms with van der Waals surface area (Å²) in [5.74, 6) is -0.435. The van der Waals surface area contributed by atoms with Gasteiger partial charge in [0, 0.05) is 37.8 Å². The molecule has 28 heavy (non-hydrogen) atoms. The third-order valence-electron chi connectivity index (χ3n) is 5.37. The van der Waals surface area contributed by atoms with Gasteiger partial charge in [0.25, 0.3) is 5.91 Å². The van der Waals surface area contributed by atoms with Crippen LogP contribution in [0.15, 0.2) is 54.6 Å². The highest BCUT2D eigenvalue weighted by Crippen LogP contribution is 2.23. The summed E-state index contributed by atoms with van der Waals surface area (Å²) >= 11 is 0. The van der Waals surface area contributed by atoms with Crippen LogP contribution in [-0.4, -0.2) is 53.8 Å². The van der Waals surface area contributed by atoms with Gasteiger partial charge in [-0.25, -0.2) is 15.2 Å². The summed E-state index contributed by atoms with van der Waals surface area (Å²) in [6, 6.07) is 15.4. The summed E-state index contributed by atoms with van der Waals surface area (Å²) in [4.78, 5) is 28.9. The summed E-state index contributed by atoms with van der Waals surface area (Å²) < 4.78 is 13.0. The fraction of sp³-hybridized carbons (Fsp3) is 0.333.